The van der Waals surface area contributed by atoms with Crippen molar-refractivity contribution in [3.8, 4) is 22.9 Å². The lowest BCUT2D eigenvalue weighted by molar-refractivity contribution is -0.137. The third kappa shape index (κ3) is 7.84. The number of benzene rings is 2. The average Bonchev–Trinajstić information content (AvgIpc) is 3.76. The van der Waals surface area contributed by atoms with Gasteiger partial charge in [0.25, 0.3) is 5.91 Å². The Kier molecular flexibility index (Phi) is 10.5. The zero-order chi connectivity index (χ0) is 30.2. The number of carbonyl (C=O) groups is 1. The molecule has 0 unspecified atom stereocenters. The molecule has 0 radical (unpaired) electrons. The zero-order valence-electron chi connectivity index (χ0n) is 24.5. The number of aromatic nitrogens is 2. The van der Waals surface area contributed by atoms with Crippen molar-refractivity contribution in [1.82, 2.24) is 20.2 Å². The second kappa shape index (κ2) is 14.5. The quantitative estimate of drug-likeness (QED) is 0.139. The van der Waals surface area contributed by atoms with Crippen LogP contribution >= 0.6 is 11.8 Å². The van der Waals surface area contributed by atoms with Crippen molar-refractivity contribution in [2.45, 2.75) is 70.5 Å². The summed E-state index contributed by atoms with van der Waals surface area (Å²) in [5, 5.41) is 4.44. The highest BCUT2D eigenvalue weighted by Gasteiger charge is 2.35. The fraction of sp³-hybridized carbons (Fsp3) is 0.455. The van der Waals surface area contributed by atoms with Crippen LogP contribution in [0.4, 0.5) is 13.2 Å². The number of hydrogen-bond donors (Lipinski definition) is 2. The van der Waals surface area contributed by atoms with Gasteiger partial charge in [-0.25, -0.2) is 4.98 Å². The predicted molar refractivity (Wildman–Crippen MR) is 167 cm³/mol. The molecule has 1 atom stereocenters. The van der Waals surface area contributed by atoms with Gasteiger partial charge >= 0.3 is 6.18 Å². The van der Waals surface area contributed by atoms with Crippen molar-refractivity contribution in [1.29, 1.82) is 0 Å². The summed E-state index contributed by atoms with van der Waals surface area (Å²) in [6.07, 6.45) is 5.50. The first kappa shape index (κ1) is 31.2. The van der Waals surface area contributed by atoms with E-state index in [0.29, 0.717) is 18.1 Å². The minimum atomic E-state index is -4.53. The van der Waals surface area contributed by atoms with Crippen LogP contribution in [0.5, 0.6) is 0 Å². The summed E-state index contributed by atoms with van der Waals surface area (Å²) in [7, 11) is 0. The number of hydrogen-bond acceptors (Lipinski definition) is 5. The van der Waals surface area contributed by atoms with E-state index in [1.807, 2.05) is 30.3 Å². The third-order valence-electron chi connectivity index (χ3n) is 7.87. The Bertz CT molecular complexity index is 1470. The summed E-state index contributed by atoms with van der Waals surface area (Å²) in [6.45, 7) is 3.77. The van der Waals surface area contributed by atoms with Gasteiger partial charge in [-0.2, -0.15) is 13.2 Å². The van der Waals surface area contributed by atoms with Crippen molar-refractivity contribution < 1.29 is 22.4 Å². The maximum atomic E-state index is 14.0. The number of carbonyl (C=O) groups excluding carboxylic acids is 1. The van der Waals surface area contributed by atoms with E-state index >= 15 is 0 Å². The Balaban J connectivity index is 1.31. The summed E-state index contributed by atoms with van der Waals surface area (Å²) in [6, 6.07) is 14.3. The van der Waals surface area contributed by atoms with Crippen LogP contribution in [0.15, 0.2) is 59.0 Å². The van der Waals surface area contributed by atoms with Gasteiger partial charge in [-0.1, -0.05) is 82.2 Å². The first-order valence-electron chi connectivity index (χ1n) is 15.2. The number of oxazole rings is 1. The lowest BCUT2D eigenvalue weighted by Gasteiger charge is -2.23. The van der Waals surface area contributed by atoms with Gasteiger partial charge in [0.1, 0.15) is 5.69 Å². The van der Waals surface area contributed by atoms with E-state index in [4.69, 9.17) is 4.42 Å². The molecule has 4 aromatic rings. The number of para-hydroxylation sites is 1. The minimum Gasteiger partial charge on any atom is -0.434 e. The molecule has 1 aliphatic rings. The number of unbranched alkanes of at least 4 members (excludes halogenated alkanes) is 7. The molecule has 0 saturated carbocycles. The number of halogens is 3. The first-order valence-corrected chi connectivity index (χ1v) is 16.4. The predicted octanol–water partition coefficient (Wildman–Crippen LogP) is 8.75. The van der Waals surface area contributed by atoms with E-state index in [1.54, 1.807) is 16.7 Å². The standard InChI is InChI=1S/C33H39F3N4O2S/c1-2-3-4-5-6-7-8-11-17-37-20-26-21-43-22-40(26)32(41)29-30(24-14-12-15-25(18-24)33(34,35)36)42-31(39-29)28-19-23-13-9-10-16-27(23)38-28/h9-10,12-16,18-19,26,37-38H,2-8,11,17,20-22H2,1H3/t26-/m1/s1. The summed E-state index contributed by atoms with van der Waals surface area (Å²) in [5.74, 6) is 1.11. The number of alkyl halides is 3. The molecule has 230 valence electrons. The monoisotopic (exact) mass is 612 g/mol. The number of fused-ring (bicyclic) bond motifs is 1. The van der Waals surface area contributed by atoms with Gasteiger partial charge in [-0.05, 0) is 37.2 Å². The highest BCUT2D eigenvalue weighted by molar-refractivity contribution is 7.99. The van der Waals surface area contributed by atoms with E-state index in [2.05, 4.69) is 22.2 Å². The summed E-state index contributed by atoms with van der Waals surface area (Å²) in [4.78, 5) is 23.5. The number of aromatic amines is 1. The lowest BCUT2D eigenvalue weighted by Crippen LogP contribution is -2.43. The van der Waals surface area contributed by atoms with E-state index < -0.39 is 11.7 Å². The minimum absolute atomic E-state index is 0.0172. The lowest BCUT2D eigenvalue weighted by atomic mass is 10.1. The molecule has 3 heterocycles. The van der Waals surface area contributed by atoms with Gasteiger partial charge in [0.05, 0.1) is 17.5 Å². The normalized spacial score (nSPS) is 15.5. The van der Waals surface area contributed by atoms with Crippen LogP contribution in [0.1, 0.15) is 74.3 Å². The van der Waals surface area contributed by atoms with E-state index in [1.165, 1.54) is 57.1 Å². The largest absolute Gasteiger partial charge is 0.434 e. The Morgan fingerprint density at radius 2 is 1.81 bits per heavy atom. The van der Waals surface area contributed by atoms with Crippen LogP contribution in [0.2, 0.25) is 0 Å². The number of thioether (sulfide) groups is 1. The topological polar surface area (TPSA) is 74.2 Å². The summed E-state index contributed by atoms with van der Waals surface area (Å²) in [5.41, 5.74) is 0.773. The van der Waals surface area contributed by atoms with Gasteiger partial charge in [-0.3, -0.25) is 4.79 Å². The highest BCUT2D eigenvalue weighted by atomic mass is 32.2. The molecule has 0 spiro atoms. The van der Waals surface area contributed by atoms with Crippen LogP contribution in [-0.4, -0.2) is 51.5 Å². The molecular formula is C33H39F3N4O2S. The van der Waals surface area contributed by atoms with Crippen LogP contribution in [0.25, 0.3) is 33.8 Å². The fourth-order valence-corrected chi connectivity index (χ4v) is 6.67. The molecule has 5 rings (SSSR count). The molecule has 6 nitrogen and oxygen atoms in total. The van der Waals surface area contributed by atoms with Gasteiger partial charge in [-0.15, -0.1) is 11.8 Å². The SMILES string of the molecule is CCCCCCCCCCNC[C@@H]1CSCN1C(=O)c1nc(-c2cc3ccccc3[nH]2)oc1-c1cccc(C(F)(F)F)c1. The van der Waals surface area contributed by atoms with E-state index in [0.717, 1.165) is 41.8 Å². The Morgan fingerprint density at radius 1 is 1.05 bits per heavy atom. The van der Waals surface area contributed by atoms with Crippen molar-refractivity contribution >= 4 is 28.6 Å². The molecule has 2 aromatic carbocycles. The second-order valence-electron chi connectivity index (χ2n) is 11.2. The molecule has 10 heteroatoms. The first-order chi connectivity index (χ1) is 20.8. The molecule has 43 heavy (non-hydrogen) atoms. The average molecular weight is 613 g/mol. The van der Waals surface area contributed by atoms with Crippen LogP contribution in [0, 0.1) is 0 Å². The summed E-state index contributed by atoms with van der Waals surface area (Å²) >= 11 is 1.66. The third-order valence-corrected chi connectivity index (χ3v) is 8.95. The molecule has 0 aliphatic carbocycles. The Labute approximate surface area is 254 Å². The number of rotatable bonds is 14. The molecule has 1 aliphatic heterocycles. The molecule has 1 fully saturated rings. The molecule has 1 saturated heterocycles. The van der Waals surface area contributed by atoms with Crippen molar-refractivity contribution in [2.75, 3.05) is 24.7 Å². The zero-order valence-corrected chi connectivity index (χ0v) is 25.3. The van der Waals surface area contributed by atoms with E-state index in [9.17, 15) is 18.0 Å². The molecular weight excluding hydrogens is 573 g/mol. The van der Waals surface area contributed by atoms with Crippen molar-refractivity contribution in [2.24, 2.45) is 0 Å². The number of amides is 1. The van der Waals surface area contributed by atoms with Crippen LogP contribution in [-0.2, 0) is 6.18 Å². The second-order valence-corrected chi connectivity index (χ2v) is 12.2. The van der Waals surface area contributed by atoms with Crippen molar-refractivity contribution in [3.05, 3.63) is 65.9 Å². The van der Waals surface area contributed by atoms with Crippen LogP contribution < -0.4 is 5.32 Å². The van der Waals surface area contributed by atoms with Gasteiger partial charge in [0, 0.05) is 28.8 Å². The highest BCUT2D eigenvalue weighted by Crippen LogP contribution is 2.36. The summed E-state index contributed by atoms with van der Waals surface area (Å²) < 4.78 is 46.8. The number of H-pyrrole nitrogens is 1. The maximum Gasteiger partial charge on any atom is 0.416 e. The number of nitrogens with zero attached hydrogens (tertiary/aromatic N) is 2. The van der Waals surface area contributed by atoms with Gasteiger partial charge in [0.2, 0.25) is 5.89 Å². The van der Waals surface area contributed by atoms with Crippen LogP contribution in [0.3, 0.4) is 0 Å². The molecule has 2 aromatic heterocycles. The van der Waals surface area contributed by atoms with Gasteiger partial charge in [0.15, 0.2) is 11.5 Å². The maximum absolute atomic E-state index is 14.0. The number of nitrogens with one attached hydrogen (secondary N) is 2. The smallest absolute Gasteiger partial charge is 0.416 e. The van der Waals surface area contributed by atoms with Gasteiger partial charge < -0.3 is 19.6 Å². The Morgan fingerprint density at radius 3 is 2.58 bits per heavy atom. The molecule has 0 bridgehead atoms. The Hall–Kier alpha value is -3.24. The van der Waals surface area contributed by atoms with E-state index in [-0.39, 0.29) is 34.9 Å². The molecule has 1 amide bonds. The van der Waals surface area contributed by atoms with Crippen molar-refractivity contribution in [3.63, 3.8) is 0 Å². The fourth-order valence-electron chi connectivity index (χ4n) is 5.47. The molecule has 2 N–H and O–H groups in total.